The van der Waals surface area contributed by atoms with Crippen LogP contribution in [0.1, 0.15) is 16.8 Å². The summed E-state index contributed by atoms with van der Waals surface area (Å²) in [5.74, 6) is -0.194. The van der Waals surface area contributed by atoms with E-state index >= 15 is 0 Å². The molecule has 0 amide bonds. The lowest BCUT2D eigenvalue weighted by Crippen LogP contribution is -2.00. The topological polar surface area (TPSA) is 64.3 Å². The van der Waals surface area contributed by atoms with Crippen molar-refractivity contribution in [3.05, 3.63) is 107 Å². The van der Waals surface area contributed by atoms with Crippen LogP contribution < -0.4 is 4.74 Å². The molecule has 3 aromatic carbocycles. The molecule has 5 aromatic rings. The minimum atomic E-state index is -0.868. The number of halogens is 1. The van der Waals surface area contributed by atoms with Gasteiger partial charge in [-0.05, 0) is 53.6 Å². The average Bonchev–Trinajstić information content (AvgIpc) is 3.14. The minimum Gasteiger partial charge on any atom is -0.487 e. The Kier molecular flexibility index (Phi) is 5.71. The van der Waals surface area contributed by atoms with E-state index in [4.69, 9.17) is 16.3 Å². The van der Waals surface area contributed by atoms with E-state index in [9.17, 15) is 9.90 Å². The van der Waals surface area contributed by atoms with Gasteiger partial charge in [-0.25, -0.2) is 4.98 Å². The maximum atomic E-state index is 11.5. The van der Waals surface area contributed by atoms with Crippen molar-refractivity contribution in [3.8, 4) is 5.75 Å². The molecule has 0 spiro atoms. The fraction of sp³-hybridized carbons (Fsp3) is 0.111. The third kappa shape index (κ3) is 4.69. The molecule has 6 heteroatoms. The van der Waals surface area contributed by atoms with Gasteiger partial charge in [-0.1, -0.05) is 48.0 Å². The van der Waals surface area contributed by atoms with Crippen LogP contribution >= 0.6 is 11.6 Å². The molecule has 0 unspecified atom stereocenters. The molecule has 33 heavy (non-hydrogen) atoms. The number of hydrogen-bond acceptors (Lipinski definition) is 3. The first-order chi connectivity index (χ1) is 16.0. The number of aromatic nitrogens is 2. The van der Waals surface area contributed by atoms with Crippen molar-refractivity contribution in [2.24, 2.45) is 0 Å². The van der Waals surface area contributed by atoms with Gasteiger partial charge < -0.3 is 14.4 Å². The summed E-state index contributed by atoms with van der Waals surface area (Å²) in [6.07, 6.45) is 1.85. The first kappa shape index (κ1) is 21.0. The molecule has 5 nitrogen and oxygen atoms in total. The lowest BCUT2D eigenvalue weighted by atomic mass is 10.1. The number of carboxylic acid groups (broad SMARTS) is 1. The van der Waals surface area contributed by atoms with Gasteiger partial charge >= 0.3 is 5.97 Å². The quantitative estimate of drug-likeness (QED) is 0.321. The molecule has 0 aliphatic heterocycles. The van der Waals surface area contributed by atoms with Gasteiger partial charge in [-0.15, -0.1) is 0 Å². The Morgan fingerprint density at radius 1 is 1.00 bits per heavy atom. The normalized spacial score (nSPS) is 11.2. The van der Waals surface area contributed by atoms with Gasteiger partial charge in [0.15, 0.2) is 0 Å². The molecule has 0 radical (unpaired) electrons. The fourth-order valence-corrected chi connectivity index (χ4v) is 4.13. The Morgan fingerprint density at radius 3 is 2.64 bits per heavy atom. The molecule has 2 heterocycles. The van der Waals surface area contributed by atoms with Crippen molar-refractivity contribution in [1.29, 1.82) is 0 Å². The number of pyridine rings is 1. The fourth-order valence-electron chi connectivity index (χ4n) is 4.01. The minimum absolute atomic E-state index is 0.0558. The van der Waals surface area contributed by atoms with E-state index < -0.39 is 5.97 Å². The third-order valence-electron chi connectivity index (χ3n) is 5.59. The second kappa shape index (κ2) is 8.96. The largest absolute Gasteiger partial charge is 0.487 e. The summed E-state index contributed by atoms with van der Waals surface area (Å²) in [4.78, 5) is 16.1. The monoisotopic (exact) mass is 456 g/mol. The van der Waals surface area contributed by atoms with Crippen molar-refractivity contribution in [2.75, 3.05) is 0 Å². The molecule has 0 bridgehead atoms. The van der Waals surface area contributed by atoms with Crippen LogP contribution in [0.15, 0.2) is 85.1 Å². The van der Waals surface area contributed by atoms with Gasteiger partial charge in [0.2, 0.25) is 0 Å². The molecule has 2 aromatic heterocycles. The first-order valence-corrected chi connectivity index (χ1v) is 11.0. The third-order valence-corrected chi connectivity index (χ3v) is 5.84. The number of para-hydroxylation sites is 1. The zero-order valence-corrected chi connectivity index (χ0v) is 18.5. The lowest BCUT2D eigenvalue weighted by Gasteiger charge is -2.09. The van der Waals surface area contributed by atoms with Crippen LogP contribution in [0, 0.1) is 0 Å². The van der Waals surface area contributed by atoms with Crippen molar-refractivity contribution in [1.82, 2.24) is 9.55 Å². The number of rotatable bonds is 7. The number of carboxylic acids is 1. The van der Waals surface area contributed by atoms with Gasteiger partial charge in [0.05, 0.1) is 17.6 Å². The first-order valence-electron chi connectivity index (χ1n) is 10.6. The van der Waals surface area contributed by atoms with E-state index in [1.165, 1.54) is 0 Å². The predicted octanol–water partition coefficient (Wildman–Crippen LogP) is 6.10. The van der Waals surface area contributed by atoms with E-state index in [0.717, 1.165) is 38.6 Å². The molecule has 164 valence electrons. The molecular weight excluding hydrogens is 436 g/mol. The molecule has 0 saturated heterocycles. The van der Waals surface area contributed by atoms with Gasteiger partial charge in [0.1, 0.15) is 12.4 Å². The van der Waals surface area contributed by atoms with E-state index in [2.05, 4.69) is 9.55 Å². The second-order valence-corrected chi connectivity index (χ2v) is 8.38. The Labute approximate surface area is 195 Å². The van der Waals surface area contributed by atoms with Crippen LogP contribution in [0.2, 0.25) is 5.02 Å². The van der Waals surface area contributed by atoms with Gasteiger partial charge in [0.25, 0.3) is 0 Å². The number of aliphatic carboxylic acids is 1. The van der Waals surface area contributed by atoms with E-state index in [1.54, 1.807) is 0 Å². The molecule has 0 saturated carbocycles. The Balaban J connectivity index is 1.42. The van der Waals surface area contributed by atoms with Crippen molar-refractivity contribution in [3.63, 3.8) is 0 Å². The summed E-state index contributed by atoms with van der Waals surface area (Å²) in [7, 11) is 0. The molecule has 1 N–H and O–H groups in total. The number of ether oxygens (including phenoxy) is 1. The molecule has 5 rings (SSSR count). The van der Waals surface area contributed by atoms with Gasteiger partial charge in [-0.2, -0.15) is 0 Å². The maximum absolute atomic E-state index is 11.5. The second-order valence-electron chi connectivity index (χ2n) is 7.94. The highest BCUT2D eigenvalue weighted by Crippen LogP contribution is 2.28. The number of benzene rings is 3. The summed E-state index contributed by atoms with van der Waals surface area (Å²) in [5.41, 5.74) is 4.55. The summed E-state index contributed by atoms with van der Waals surface area (Å²) < 4.78 is 8.08. The predicted molar refractivity (Wildman–Crippen MR) is 130 cm³/mol. The molecule has 0 fully saturated rings. The summed E-state index contributed by atoms with van der Waals surface area (Å²) in [6, 6.07) is 25.4. The van der Waals surface area contributed by atoms with Crippen LogP contribution in [-0.2, 0) is 24.4 Å². The van der Waals surface area contributed by atoms with Crippen LogP contribution in [-0.4, -0.2) is 20.6 Å². The number of nitrogens with zero attached hydrogens (tertiary/aromatic N) is 2. The zero-order chi connectivity index (χ0) is 22.8. The Hall–Kier alpha value is -3.83. The van der Waals surface area contributed by atoms with Crippen LogP contribution in [0.4, 0.5) is 0 Å². The van der Waals surface area contributed by atoms with Gasteiger partial charge in [0, 0.05) is 34.1 Å². The summed E-state index contributed by atoms with van der Waals surface area (Å²) in [6.45, 7) is 0.949. The SMILES string of the molecule is O=C(O)Cc1cn(Cc2ccc(Cl)cc2)c2ccc(OCc3ccc4ccccc4n3)cc12. The van der Waals surface area contributed by atoms with Gasteiger partial charge in [-0.3, -0.25) is 4.79 Å². The van der Waals surface area contributed by atoms with E-state index in [-0.39, 0.29) is 6.42 Å². The highest BCUT2D eigenvalue weighted by Gasteiger charge is 2.13. The Bertz CT molecular complexity index is 1460. The number of hydrogen-bond donors (Lipinski definition) is 1. The number of fused-ring (bicyclic) bond motifs is 2. The van der Waals surface area contributed by atoms with Crippen molar-refractivity contribution < 1.29 is 14.6 Å². The van der Waals surface area contributed by atoms with Crippen LogP contribution in [0.5, 0.6) is 5.75 Å². The number of carbonyl (C=O) groups is 1. The molecule has 0 atom stereocenters. The molecule has 0 aliphatic carbocycles. The highest BCUT2D eigenvalue weighted by atomic mass is 35.5. The highest BCUT2D eigenvalue weighted by molar-refractivity contribution is 6.30. The van der Waals surface area contributed by atoms with Crippen LogP contribution in [0.3, 0.4) is 0 Å². The van der Waals surface area contributed by atoms with E-state index in [0.29, 0.717) is 23.9 Å². The zero-order valence-electron chi connectivity index (χ0n) is 17.7. The molecular formula is C27H21ClN2O3. The summed E-state index contributed by atoms with van der Waals surface area (Å²) in [5, 5.41) is 12.0. The maximum Gasteiger partial charge on any atom is 0.307 e. The Morgan fingerprint density at radius 2 is 1.82 bits per heavy atom. The standard InChI is InChI=1S/C27H21ClN2O3/c28-21-8-5-18(6-9-21)15-30-16-20(13-27(31)32)24-14-23(11-12-26(24)30)33-17-22-10-7-19-3-1-2-4-25(19)29-22/h1-12,14,16H,13,15,17H2,(H,31,32). The van der Waals surface area contributed by atoms with Crippen molar-refractivity contribution >= 4 is 39.4 Å². The average molecular weight is 457 g/mol. The summed E-state index contributed by atoms with van der Waals surface area (Å²) >= 11 is 6.00. The lowest BCUT2D eigenvalue weighted by molar-refractivity contribution is -0.136. The van der Waals surface area contributed by atoms with Crippen LogP contribution in [0.25, 0.3) is 21.8 Å². The molecule has 0 aliphatic rings. The smallest absolute Gasteiger partial charge is 0.307 e. The van der Waals surface area contributed by atoms with E-state index in [1.807, 2.05) is 85.1 Å². The van der Waals surface area contributed by atoms with Crippen molar-refractivity contribution in [2.45, 2.75) is 19.6 Å².